The summed E-state index contributed by atoms with van der Waals surface area (Å²) in [6.45, 7) is 3.73. The van der Waals surface area contributed by atoms with Crippen molar-refractivity contribution in [3.05, 3.63) is 35.1 Å². The molecule has 0 radical (unpaired) electrons. The average molecular weight is 275 g/mol. The molecule has 0 bridgehead atoms. The second kappa shape index (κ2) is 5.11. The molecule has 2 N–H and O–H groups in total. The van der Waals surface area contributed by atoms with Crippen LogP contribution in [0.4, 0.5) is 13.2 Å². The molecule has 19 heavy (non-hydrogen) atoms. The molecule has 0 saturated carbocycles. The van der Waals surface area contributed by atoms with Gasteiger partial charge in [-0.3, -0.25) is 0 Å². The van der Waals surface area contributed by atoms with Gasteiger partial charge in [-0.15, -0.1) is 0 Å². The summed E-state index contributed by atoms with van der Waals surface area (Å²) in [6, 6.07) is 1.01. The summed E-state index contributed by atoms with van der Waals surface area (Å²) in [5.41, 5.74) is -0.777. The third kappa shape index (κ3) is 3.08. The van der Waals surface area contributed by atoms with Crippen LogP contribution in [0.5, 0.6) is 0 Å². The lowest BCUT2D eigenvalue weighted by molar-refractivity contribution is -0.0452. The van der Waals surface area contributed by atoms with Crippen molar-refractivity contribution in [2.24, 2.45) is 0 Å². The summed E-state index contributed by atoms with van der Waals surface area (Å²) in [7, 11) is 0. The lowest BCUT2D eigenvalue weighted by Crippen LogP contribution is -2.54. The van der Waals surface area contributed by atoms with Crippen molar-refractivity contribution in [2.45, 2.75) is 31.5 Å². The minimum Gasteiger partial charge on any atom is -0.389 e. The normalized spacial score (nSPS) is 24.5. The highest BCUT2D eigenvalue weighted by molar-refractivity contribution is 5.23. The van der Waals surface area contributed by atoms with Crippen LogP contribution >= 0.6 is 0 Å². The molecule has 1 aromatic rings. The van der Waals surface area contributed by atoms with Crippen molar-refractivity contribution in [2.75, 3.05) is 13.2 Å². The molecule has 2 rings (SSSR count). The Bertz CT molecular complexity index is 450. The van der Waals surface area contributed by atoms with Crippen molar-refractivity contribution in [3.8, 4) is 0 Å². The average Bonchev–Trinajstić information content (AvgIpc) is 2.34. The van der Waals surface area contributed by atoms with E-state index in [0.29, 0.717) is 6.61 Å². The lowest BCUT2D eigenvalue weighted by atomic mass is 9.95. The summed E-state index contributed by atoms with van der Waals surface area (Å²) in [5, 5.41) is 13.0. The zero-order valence-corrected chi connectivity index (χ0v) is 10.7. The highest BCUT2D eigenvalue weighted by Crippen LogP contribution is 2.24. The third-order valence-corrected chi connectivity index (χ3v) is 3.23. The van der Waals surface area contributed by atoms with Gasteiger partial charge in [-0.1, -0.05) is 0 Å². The van der Waals surface area contributed by atoms with Crippen LogP contribution < -0.4 is 5.32 Å². The number of benzene rings is 1. The van der Waals surface area contributed by atoms with Gasteiger partial charge in [-0.05, 0) is 31.5 Å². The first-order chi connectivity index (χ1) is 8.79. The minimum atomic E-state index is -1.49. The Balaban J connectivity index is 2.22. The van der Waals surface area contributed by atoms with E-state index in [9.17, 15) is 18.3 Å². The molecule has 106 valence electrons. The zero-order chi connectivity index (χ0) is 14.2. The van der Waals surface area contributed by atoms with Crippen molar-refractivity contribution in [1.29, 1.82) is 0 Å². The van der Waals surface area contributed by atoms with Crippen molar-refractivity contribution < 1.29 is 23.0 Å². The van der Waals surface area contributed by atoms with Gasteiger partial charge in [0.05, 0.1) is 30.9 Å². The number of aliphatic hydroxyl groups is 1. The Labute approximate surface area is 109 Å². The van der Waals surface area contributed by atoms with Crippen LogP contribution in [0.2, 0.25) is 0 Å². The topological polar surface area (TPSA) is 41.5 Å². The maximum absolute atomic E-state index is 13.2. The minimum absolute atomic E-state index is 0.205. The van der Waals surface area contributed by atoms with Gasteiger partial charge in [0, 0.05) is 0 Å². The van der Waals surface area contributed by atoms with Crippen molar-refractivity contribution in [3.63, 3.8) is 0 Å². The number of nitrogens with one attached hydrogen (secondary N) is 1. The monoisotopic (exact) mass is 275 g/mol. The fourth-order valence-electron chi connectivity index (χ4n) is 2.02. The molecule has 3 nitrogen and oxygen atoms in total. The molecule has 1 aliphatic heterocycles. The second-order valence-corrected chi connectivity index (χ2v) is 5.26. The van der Waals surface area contributed by atoms with Gasteiger partial charge in [0.2, 0.25) is 0 Å². The molecule has 2 unspecified atom stereocenters. The van der Waals surface area contributed by atoms with Gasteiger partial charge in [-0.25, -0.2) is 13.2 Å². The van der Waals surface area contributed by atoms with E-state index in [1.54, 1.807) is 13.8 Å². The van der Waals surface area contributed by atoms with Crippen LogP contribution in [0.1, 0.15) is 25.5 Å². The predicted octanol–water partition coefficient (Wildman–Crippen LogP) is 1.90. The van der Waals surface area contributed by atoms with E-state index in [2.05, 4.69) is 5.32 Å². The van der Waals surface area contributed by atoms with Gasteiger partial charge in [-0.2, -0.15) is 0 Å². The molecule has 1 fully saturated rings. The highest BCUT2D eigenvalue weighted by atomic mass is 19.2. The first-order valence-corrected chi connectivity index (χ1v) is 5.99. The van der Waals surface area contributed by atoms with E-state index in [4.69, 9.17) is 4.74 Å². The van der Waals surface area contributed by atoms with E-state index in [-0.39, 0.29) is 18.2 Å². The van der Waals surface area contributed by atoms with Gasteiger partial charge < -0.3 is 15.2 Å². The molecule has 1 saturated heterocycles. The standard InChI is InChI=1S/C13H16F3NO2/c1-13(2,18)11-6-19-5-10(17-11)7-3-8(14)12(16)9(15)4-7/h3-4,10-11,17-18H,5-6H2,1-2H3. The van der Waals surface area contributed by atoms with Gasteiger partial charge in [0.25, 0.3) is 0 Å². The summed E-state index contributed by atoms with van der Waals surface area (Å²) >= 11 is 0. The fraction of sp³-hybridized carbons (Fsp3) is 0.538. The van der Waals surface area contributed by atoms with Crippen LogP contribution in [-0.4, -0.2) is 30.0 Å². The fourth-order valence-corrected chi connectivity index (χ4v) is 2.02. The maximum Gasteiger partial charge on any atom is 0.194 e. The Morgan fingerprint density at radius 1 is 1.21 bits per heavy atom. The summed E-state index contributed by atoms with van der Waals surface area (Å²) < 4.78 is 44.6. The number of halogens is 3. The Morgan fingerprint density at radius 3 is 2.32 bits per heavy atom. The van der Waals surface area contributed by atoms with E-state index >= 15 is 0 Å². The molecule has 1 aliphatic rings. The van der Waals surface area contributed by atoms with Gasteiger partial charge in [0.1, 0.15) is 0 Å². The van der Waals surface area contributed by atoms with E-state index in [1.807, 2.05) is 0 Å². The van der Waals surface area contributed by atoms with Crippen LogP contribution in [0.15, 0.2) is 12.1 Å². The largest absolute Gasteiger partial charge is 0.389 e. The Hall–Kier alpha value is -1.11. The number of hydrogen-bond acceptors (Lipinski definition) is 3. The number of morpholine rings is 1. The van der Waals surface area contributed by atoms with Crippen LogP contribution in [-0.2, 0) is 4.74 Å². The summed E-state index contributed by atoms with van der Waals surface area (Å²) in [6.07, 6.45) is 0. The molecule has 6 heteroatoms. The second-order valence-electron chi connectivity index (χ2n) is 5.26. The first-order valence-electron chi connectivity index (χ1n) is 5.99. The molecule has 0 aromatic heterocycles. The van der Waals surface area contributed by atoms with Crippen LogP contribution in [0.3, 0.4) is 0 Å². The molecule has 0 amide bonds. The van der Waals surface area contributed by atoms with Gasteiger partial charge in [0.15, 0.2) is 17.5 Å². The summed E-state index contributed by atoms with van der Waals surface area (Å²) in [4.78, 5) is 0. The predicted molar refractivity (Wildman–Crippen MR) is 63.1 cm³/mol. The van der Waals surface area contributed by atoms with Gasteiger partial charge >= 0.3 is 0 Å². The lowest BCUT2D eigenvalue weighted by Gasteiger charge is -2.38. The van der Waals surface area contributed by atoms with Crippen LogP contribution in [0.25, 0.3) is 0 Å². The smallest absolute Gasteiger partial charge is 0.194 e. The first kappa shape index (κ1) is 14.3. The summed E-state index contributed by atoms with van der Waals surface area (Å²) in [5.74, 6) is -3.95. The van der Waals surface area contributed by atoms with Crippen LogP contribution in [0, 0.1) is 17.5 Å². The number of hydrogen-bond donors (Lipinski definition) is 2. The SMILES string of the molecule is CC(C)(O)C1COCC(c2cc(F)c(F)c(F)c2)N1. The number of rotatable bonds is 2. The molecular formula is C13H16F3NO2. The van der Waals surface area contributed by atoms with E-state index in [0.717, 1.165) is 12.1 Å². The molecular weight excluding hydrogens is 259 g/mol. The molecule has 0 aliphatic carbocycles. The number of ether oxygens (including phenoxy) is 1. The van der Waals surface area contributed by atoms with E-state index < -0.39 is 29.1 Å². The zero-order valence-electron chi connectivity index (χ0n) is 10.7. The third-order valence-electron chi connectivity index (χ3n) is 3.23. The maximum atomic E-state index is 13.2. The molecule has 2 atom stereocenters. The molecule has 1 aromatic carbocycles. The Kier molecular flexibility index (Phi) is 3.85. The van der Waals surface area contributed by atoms with Crippen molar-refractivity contribution in [1.82, 2.24) is 5.32 Å². The van der Waals surface area contributed by atoms with E-state index in [1.165, 1.54) is 0 Å². The highest BCUT2D eigenvalue weighted by Gasteiger charge is 2.33. The quantitative estimate of drug-likeness (QED) is 0.810. The Morgan fingerprint density at radius 2 is 1.79 bits per heavy atom. The molecule has 1 heterocycles. The van der Waals surface area contributed by atoms with Crippen molar-refractivity contribution >= 4 is 0 Å². The molecule has 0 spiro atoms.